The third-order valence-corrected chi connectivity index (χ3v) is 3.64. The van der Waals surface area contributed by atoms with Gasteiger partial charge in [-0.2, -0.15) is 0 Å². The van der Waals surface area contributed by atoms with E-state index in [2.05, 4.69) is 0 Å². The van der Waals surface area contributed by atoms with E-state index < -0.39 is 6.09 Å². The van der Waals surface area contributed by atoms with Crippen molar-refractivity contribution >= 4 is 6.09 Å². The zero-order valence-corrected chi connectivity index (χ0v) is 12.2. The Morgan fingerprint density at radius 2 is 2.05 bits per heavy atom. The number of aliphatic hydroxyl groups excluding tert-OH is 1. The predicted octanol–water partition coefficient (Wildman–Crippen LogP) is 2.06. The van der Waals surface area contributed by atoms with Gasteiger partial charge in [0.25, 0.3) is 0 Å². The Balaban J connectivity index is 2.16. The molecule has 5 nitrogen and oxygen atoms in total. The van der Waals surface area contributed by atoms with Crippen LogP contribution in [-0.2, 0) is 9.47 Å². The van der Waals surface area contributed by atoms with Crippen LogP contribution in [0, 0.1) is 11.3 Å². The molecule has 0 spiro atoms. The Morgan fingerprint density at radius 1 is 1.42 bits per heavy atom. The molecule has 1 saturated carbocycles. The first-order valence-electron chi connectivity index (χ1n) is 7.01. The van der Waals surface area contributed by atoms with Gasteiger partial charge in [-0.15, -0.1) is 0 Å². The number of rotatable bonds is 7. The van der Waals surface area contributed by atoms with Gasteiger partial charge in [-0.05, 0) is 37.0 Å². The molecule has 0 aromatic carbocycles. The minimum Gasteiger partial charge on any atom is -0.446 e. The maximum Gasteiger partial charge on any atom is 0.404 e. The number of ether oxygens (including phenoxy) is 2. The predicted molar refractivity (Wildman–Crippen MR) is 72.7 cm³/mol. The molecule has 0 heterocycles. The fourth-order valence-corrected chi connectivity index (χ4v) is 2.29. The van der Waals surface area contributed by atoms with Crippen LogP contribution in [-0.4, -0.2) is 36.6 Å². The van der Waals surface area contributed by atoms with Gasteiger partial charge in [-0.1, -0.05) is 20.8 Å². The molecule has 112 valence electrons. The number of hydrogen-bond donors (Lipinski definition) is 2. The normalized spacial score (nSPS) is 24.6. The largest absolute Gasteiger partial charge is 0.446 e. The summed E-state index contributed by atoms with van der Waals surface area (Å²) in [5, 5.41) is 8.91. The highest BCUT2D eigenvalue weighted by atomic mass is 16.6. The summed E-state index contributed by atoms with van der Waals surface area (Å²) < 4.78 is 10.8. The van der Waals surface area contributed by atoms with Crippen LogP contribution in [0.25, 0.3) is 0 Å². The van der Waals surface area contributed by atoms with Crippen LogP contribution in [0.2, 0.25) is 0 Å². The zero-order valence-electron chi connectivity index (χ0n) is 12.2. The molecular weight excluding hydrogens is 246 g/mol. The Bertz CT molecular complexity index is 282. The molecule has 1 fully saturated rings. The van der Waals surface area contributed by atoms with Gasteiger partial charge in [0.15, 0.2) is 0 Å². The summed E-state index contributed by atoms with van der Waals surface area (Å²) in [5.74, 6) is 0.422. The second kappa shape index (κ2) is 7.10. The minimum atomic E-state index is -0.717. The van der Waals surface area contributed by atoms with E-state index in [1.54, 1.807) is 0 Å². The molecule has 3 N–H and O–H groups in total. The average molecular weight is 273 g/mol. The van der Waals surface area contributed by atoms with Crippen molar-refractivity contribution in [3.05, 3.63) is 0 Å². The molecule has 0 aliphatic heterocycles. The maximum absolute atomic E-state index is 10.9. The van der Waals surface area contributed by atoms with Crippen LogP contribution in [0.15, 0.2) is 0 Å². The molecule has 1 unspecified atom stereocenters. The summed E-state index contributed by atoms with van der Waals surface area (Å²) in [6.07, 6.45) is 2.90. The highest BCUT2D eigenvalue weighted by Gasteiger charge is 2.30. The van der Waals surface area contributed by atoms with Crippen LogP contribution in [0.5, 0.6) is 0 Å². The Morgan fingerprint density at radius 3 is 2.53 bits per heavy atom. The van der Waals surface area contributed by atoms with E-state index in [0.29, 0.717) is 18.6 Å². The monoisotopic (exact) mass is 273 g/mol. The van der Waals surface area contributed by atoms with E-state index in [1.165, 1.54) is 0 Å². The molecule has 1 amide bonds. The number of nitrogens with two attached hydrogens (primary N) is 1. The molecule has 1 rings (SSSR count). The van der Waals surface area contributed by atoms with Crippen molar-refractivity contribution in [3.8, 4) is 0 Å². The summed E-state index contributed by atoms with van der Waals surface area (Å²) in [5.41, 5.74) is 4.97. The lowest BCUT2D eigenvalue weighted by atomic mass is 9.83. The van der Waals surface area contributed by atoms with E-state index >= 15 is 0 Å². The van der Waals surface area contributed by atoms with Crippen molar-refractivity contribution < 1.29 is 19.4 Å². The second-order valence-corrected chi connectivity index (χ2v) is 6.45. The van der Waals surface area contributed by atoms with E-state index in [4.69, 9.17) is 20.3 Å². The fourth-order valence-electron chi connectivity index (χ4n) is 2.29. The third-order valence-electron chi connectivity index (χ3n) is 3.64. The maximum atomic E-state index is 10.9. The average Bonchev–Trinajstić information content (AvgIpc) is 2.22. The van der Waals surface area contributed by atoms with Crippen molar-refractivity contribution in [2.24, 2.45) is 17.1 Å². The lowest BCUT2D eigenvalue weighted by molar-refractivity contribution is -0.0505. The van der Waals surface area contributed by atoms with E-state index in [0.717, 1.165) is 25.7 Å². The van der Waals surface area contributed by atoms with Crippen molar-refractivity contribution in [2.45, 2.75) is 58.7 Å². The summed E-state index contributed by atoms with van der Waals surface area (Å²) in [6.45, 7) is 7.01. The fraction of sp³-hybridized carbons (Fsp3) is 0.929. The molecule has 1 atom stereocenters. The minimum absolute atomic E-state index is 0.118. The zero-order chi connectivity index (χ0) is 14.5. The van der Waals surface area contributed by atoms with Gasteiger partial charge in [0.05, 0.1) is 6.10 Å². The van der Waals surface area contributed by atoms with Crippen LogP contribution in [0.4, 0.5) is 4.79 Å². The molecule has 0 bridgehead atoms. The first-order chi connectivity index (χ1) is 8.82. The van der Waals surface area contributed by atoms with E-state index in [-0.39, 0.29) is 18.1 Å². The number of amides is 1. The van der Waals surface area contributed by atoms with Crippen LogP contribution >= 0.6 is 0 Å². The van der Waals surface area contributed by atoms with Gasteiger partial charge in [0.1, 0.15) is 6.10 Å². The summed E-state index contributed by atoms with van der Waals surface area (Å²) in [6, 6.07) is 0. The molecule has 0 aromatic rings. The van der Waals surface area contributed by atoms with Crippen molar-refractivity contribution in [3.63, 3.8) is 0 Å². The van der Waals surface area contributed by atoms with Crippen LogP contribution in [0.1, 0.15) is 46.5 Å². The Kier molecular flexibility index (Phi) is 6.07. The van der Waals surface area contributed by atoms with Crippen LogP contribution < -0.4 is 5.73 Å². The summed E-state index contributed by atoms with van der Waals surface area (Å²) in [4.78, 5) is 10.9. The lowest BCUT2D eigenvalue weighted by Crippen LogP contribution is -2.35. The van der Waals surface area contributed by atoms with Crippen molar-refractivity contribution in [2.75, 3.05) is 13.2 Å². The molecule has 5 heteroatoms. The SMILES string of the molecule is CC(C)(C)C(CCCOC1CC(CO)C1)OC(N)=O. The molecule has 0 aromatic heterocycles. The first-order valence-corrected chi connectivity index (χ1v) is 7.01. The molecule has 1 aliphatic rings. The highest BCUT2D eigenvalue weighted by molar-refractivity contribution is 5.64. The van der Waals surface area contributed by atoms with Gasteiger partial charge < -0.3 is 20.3 Å². The van der Waals surface area contributed by atoms with Crippen molar-refractivity contribution in [1.29, 1.82) is 0 Å². The smallest absolute Gasteiger partial charge is 0.404 e. The number of aliphatic hydroxyl groups is 1. The number of carbonyl (C=O) groups excluding carboxylic acids is 1. The quantitative estimate of drug-likeness (QED) is 0.696. The molecule has 19 heavy (non-hydrogen) atoms. The molecular formula is C14H27NO4. The number of primary amides is 1. The third kappa shape index (κ3) is 5.78. The van der Waals surface area contributed by atoms with Gasteiger partial charge in [0.2, 0.25) is 0 Å². The first kappa shape index (κ1) is 16.2. The number of hydrogen-bond acceptors (Lipinski definition) is 4. The van der Waals surface area contributed by atoms with Gasteiger partial charge in [-0.25, -0.2) is 4.79 Å². The second-order valence-electron chi connectivity index (χ2n) is 6.45. The Labute approximate surface area is 115 Å². The summed E-state index contributed by atoms with van der Waals surface area (Å²) >= 11 is 0. The topological polar surface area (TPSA) is 81.8 Å². The standard InChI is InChI=1S/C14H27NO4/c1-14(2,3)12(19-13(15)17)5-4-6-18-11-7-10(8-11)9-16/h10-12,16H,4-9H2,1-3H3,(H2,15,17). The summed E-state index contributed by atoms with van der Waals surface area (Å²) in [7, 11) is 0. The molecule has 0 saturated heterocycles. The van der Waals surface area contributed by atoms with Gasteiger partial charge in [-0.3, -0.25) is 0 Å². The van der Waals surface area contributed by atoms with Crippen molar-refractivity contribution in [1.82, 2.24) is 0 Å². The number of carbonyl (C=O) groups is 1. The van der Waals surface area contributed by atoms with Gasteiger partial charge >= 0.3 is 6.09 Å². The van der Waals surface area contributed by atoms with E-state index in [1.807, 2.05) is 20.8 Å². The van der Waals surface area contributed by atoms with Crippen LogP contribution in [0.3, 0.4) is 0 Å². The lowest BCUT2D eigenvalue weighted by Gasteiger charge is -2.34. The van der Waals surface area contributed by atoms with E-state index in [9.17, 15) is 4.79 Å². The molecule has 0 radical (unpaired) electrons. The molecule has 1 aliphatic carbocycles. The van der Waals surface area contributed by atoms with Gasteiger partial charge in [0, 0.05) is 13.2 Å². The highest BCUT2D eigenvalue weighted by Crippen LogP contribution is 2.30. The Hall–Kier alpha value is -0.810.